The summed E-state index contributed by atoms with van der Waals surface area (Å²) in [6, 6.07) is 3.12. The van der Waals surface area contributed by atoms with Crippen LogP contribution >= 0.6 is 0 Å². The van der Waals surface area contributed by atoms with E-state index in [0.29, 0.717) is 10.9 Å². The second-order valence-electron chi connectivity index (χ2n) is 3.84. The summed E-state index contributed by atoms with van der Waals surface area (Å²) >= 11 is 0. The fraction of sp³-hybridized carbons (Fsp3) is 0.250. The average Bonchev–Trinajstić information content (AvgIpc) is 2.65. The van der Waals surface area contributed by atoms with E-state index >= 15 is 0 Å². The number of aryl methyl sites for hydroxylation is 1. The number of methoxy groups -OCH3 is 2. The molecule has 0 aliphatic carbocycles. The molecule has 0 unspecified atom stereocenters. The molecule has 0 amide bonds. The standard InChI is InChI=1S/C12H13F2N3O2/c1-17-7-5-4-6(10(19-3)11(13)14)9(18-2)8(7)12(15)16-17/h4-5H,1-3H3,(H2,15,16). The minimum atomic E-state index is -1.93. The molecule has 0 aliphatic heterocycles. The number of hydrogen-bond donors (Lipinski definition) is 1. The fourth-order valence-electron chi connectivity index (χ4n) is 2.03. The molecule has 0 saturated heterocycles. The molecule has 0 fully saturated rings. The number of anilines is 1. The summed E-state index contributed by atoms with van der Waals surface area (Å²) < 4.78 is 37.2. The predicted octanol–water partition coefficient (Wildman–Crippen LogP) is 2.38. The Morgan fingerprint density at radius 3 is 2.53 bits per heavy atom. The zero-order valence-corrected chi connectivity index (χ0v) is 10.7. The molecular formula is C12H13F2N3O2. The number of nitrogen functional groups attached to an aromatic ring is 1. The minimum Gasteiger partial charge on any atom is -0.495 e. The topological polar surface area (TPSA) is 62.3 Å². The smallest absolute Gasteiger partial charge is 0.312 e. The maximum absolute atomic E-state index is 12.9. The largest absolute Gasteiger partial charge is 0.495 e. The molecule has 1 heterocycles. The lowest BCUT2D eigenvalue weighted by Gasteiger charge is -2.11. The summed E-state index contributed by atoms with van der Waals surface area (Å²) in [6.07, 6.45) is -1.93. The molecule has 0 spiro atoms. The van der Waals surface area contributed by atoms with Gasteiger partial charge in [-0.05, 0) is 12.1 Å². The van der Waals surface area contributed by atoms with E-state index in [-0.39, 0.29) is 17.1 Å². The van der Waals surface area contributed by atoms with Gasteiger partial charge in [0.15, 0.2) is 11.6 Å². The summed E-state index contributed by atoms with van der Waals surface area (Å²) in [6.45, 7) is 0. The van der Waals surface area contributed by atoms with Gasteiger partial charge in [0.2, 0.25) is 0 Å². The van der Waals surface area contributed by atoms with Gasteiger partial charge in [0.1, 0.15) is 5.75 Å². The first-order valence-electron chi connectivity index (χ1n) is 5.40. The lowest BCUT2D eigenvalue weighted by Crippen LogP contribution is -1.97. The van der Waals surface area contributed by atoms with Crippen LogP contribution in [0.15, 0.2) is 18.2 Å². The molecule has 5 nitrogen and oxygen atoms in total. The van der Waals surface area contributed by atoms with Crippen molar-refractivity contribution < 1.29 is 18.3 Å². The Morgan fingerprint density at radius 1 is 1.32 bits per heavy atom. The fourth-order valence-corrected chi connectivity index (χ4v) is 2.03. The van der Waals surface area contributed by atoms with Crippen molar-refractivity contribution in [2.45, 2.75) is 0 Å². The number of hydrogen-bond acceptors (Lipinski definition) is 4. The van der Waals surface area contributed by atoms with Crippen LogP contribution in [-0.2, 0) is 11.8 Å². The summed E-state index contributed by atoms with van der Waals surface area (Å²) in [5, 5.41) is 4.52. The van der Waals surface area contributed by atoms with E-state index in [1.807, 2.05) is 0 Å². The van der Waals surface area contributed by atoms with Gasteiger partial charge in [-0.1, -0.05) is 0 Å². The van der Waals surface area contributed by atoms with Gasteiger partial charge in [0, 0.05) is 7.05 Å². The molecule has 0 radical (unpaired) electrons. The number of nitrogens with zero attached hydrogens (tertiary/aromatic N) is 2. The van der Waals surface area contributed by atoms with Gasteiger partial charge >= 0.3 is 6.08 Å². The van der Waals surface area contributed by atoms with Crippen LogP contribution in [0.1, 0.15) is 5.56 Å². The van der Waals surface area contributed by atoms with Crippen molar-refractivity contribution in [3.63, 3.8) is 0 Å². The van der Waals surface area contributed by atoms with Crippen molar-refractivity contribution >= 4 is 22.5 Å². The van der Waals surface area contributed by atoms with Gasteiger partial charge in [0.05, 0.1) is 30.7 Å². The quantitative estimate of drug-likeness (QED) is 0.869. The number of benzene rings is 1. The summed E-state index contributed by atoms with van der Waals surface area (Å²) in [5.41, 5.74) is 6.61. The van der Waals surface area contributed by atoms with Crippen molar-refractivity contribution in [2.24, 2.45) is 7.05 Å². The molecule has 7 heteroatoms. The van der Waals surface area contributed by atoms with Crippen LogP contribution in [0.2, 0.25) is 0 Å². The highest BCUT2D eigenvalue weighted by Crippen LogP contribution is 2.38. The van der Waals surface area contributed by atoms with Gasteiger partial charge in [-0.25, -0.2) is 0 Å². The van der Waals surface area contributed by atoms with Crippen molar-refractivity contribution in [2.75, 3.05) is 20.0 Å². The lowest BCUT2D eigenvalue weighted by molar-refractivity contribution is 0.319. The number of nitrogens with two attached hydrogens (primary N) is 1. The van der Waals surface area contributed by atoms with Crippen LogP contribution in [0.25, 0.3) is 16.7 Å². The van der Waals surface area contributed by atoms with E-state index in [9.17, 15) is 8.78 Å². The molecule has 2 rings (SSSR count). The first-order valence-corrected chi connectivity index (χ1v) is 5.40. The highest BCUT2D eigenvalue weighted by Gasteiger charge is 2.21. The Labute approximate surface area is 108 Å². The Morgan fingerprint density at radius 2 is 2.00 bits per heavy atom. The first-order chi connectivity index (χ1) is 9.01. The van der Waals surface area contributed by atoms with Gasteiger partial charge in [-0.2, -0.15) is 13.9 Å². The monoisotopic (exact) mass is 269 g/mol. The summed E-state index contributed by atoms with van der Waals surface area (Å²) in [4.78, 5) is 0. The zero-order valence-electron chi connectivity index (χ0n) is 10.7. The molecule has 0 bridgehead atoms. The highest BCUT2D eigenvalue weighted by molar-refractivity contribution is 5.98. The third-order valence-electron chi connectivity index (χ3n) is 2.82. The van der Waals surface area contributed by atoms with Crippen LogP contribution in [0.3, 0.4) is 0 Å². The second kappa shape index (κ2) is 4.75. The summed E-state index contributed by atoms with van der Waals surface area (Å²) in [5.74, 6) is -0.110. The first kappa shape index (κ1) is 13.1. The maximum atomic E-state index is 12.9. The number of ether oxygens (including phenoxy) is 2. The van der Waals surface area contributed by atoms with E-state index < -0.39 is 11.8 Å². The van der Waals surface area contributed by atoms with Gasteiger partial charge in [0.25, 0.3) is 0 Å². The van der Waals surface area contributed by atoms with Crippen LogP contribution in [0.5, 0.6) is 5.75 Å². The molecule has 0 atom stereocenters. The van der Waals surface area contributed by atoms with Crippen molar-refractivity contribution in [1.82, 2.24) is 9.78 Å². The van der Waals surface area contributed by atoms with E-state index in [4.69, 9.17) is 15.2 Å². The molecule has 0 saturated carbocycles. The normalized spacial score (nSPS) is 10.6. The predicted molar refractivity (Wildman–Crippen MR) is 67.8 cm³/mol. The summed E-state index contributed by atoms with van der Waals surface area (Å²) in [7, 11) is 4.26. The molecule has 0 aliphatic rings. The average molecular weight is 269 g/mol. The van der Waals surface area contributed by atoms with Crippen molar-refractivity contribution in [1.29, 1.82) is 0 Å². The van der Waals surface area contributed by atoms with Crippen LogP contribution in [0.4, 0.5) is 14.6 Å². The van der Waals surface area contributed by atoms with Crippen molar-refractivity contribution in [3.05, 3.63) is 23.8 Å². The Balaban J connectivity index is 2.84. The van der Waals surface area contributed by atoms with Crippen molar-refractivity contribution in [3.8, 4) is 5.75 Å². The SMILES string of the molecule is COC(=C(F)F)c1ccc2c(c(N)nn2C)c1OC. The zero-order chi connectivity index (χ0) is 14.2. The highest BCUT2D eigenvalue weighted by atomic mass is 19.3. The molecule has 102 valence electrons. The minimum absolute atomic E-state index is 0.136. The van der Waals surface area contributed by atoms with E-state index in [1.54, 1.807) is 17.8 Å². The van der Waals surface area contributed by atoms with Gasteiger partial charge < -0.3 is 15.2 Å². The number of halogens is 2. The Hall–Kier alpha value is -2.31. The number of rotatable bonds is 3. The Kier molecular flexibility index (Phi) is 3.28. The molecular weight excluding hydrogens is 256 g/mol. The molecule has 1 aromatic carbocycles. The number of aromatic nitrogens is 2. The van der Waals surface area contributed by atoms with Crippen LogP contribution < -0.4 is 10.5 Å². The number of fused-ring (bicyclic) bond motifs is 1. The lowest BCUT2D eigenvalue weighted by atomic mass is 10.1. The third-order valence-corrected chi connectivity index (χ3v) is 2.82. The molecule has 2 N–H and O–H groups in total. The molecule has 19 heavy (non-hydrogen) atoms. The molecule has 2 aromatic rings. The van der Waals surface area contributed by atoms with Gasteiger partial charge in [-0.3, -0.25) is 4.68 Å². The third kappa shape index (κ3) is 1.96. The Bertz CT molecular complexity index is 661. The second-order valence-corrected chi connectivity index (χ2v) is 3.84. The van der Waals surface area contributed by atoms with Crippen LogP contribution in [0, 0.1) is 0 Å². The van der Waals surface area contributed by atoms with Crippen LogP contribution in [-0.4, -0.2) is 24.0 Å². The van der Waals surface area contributed by atoms with E-state index in [1.165, 1.54) is 20.3 Å². The maximum Gasteiger partial charge on any atom is 0.312 e. The molecule has 1 aromatic heterocycles. The van der Waals surface area contributed by atoms with Gasteiger partial charge in [-0.15, -0.1) is 0 Å². The van der Waals surface area contributed by atoms with E-state index in [2.05, 4.69) is 5.10 Å². The van der Waals surface area contributed by atoms with E-state index in [0.717, 1.165) is 0 Å².